The molecule has 0 saturated heterocycles. The number of anilines is 2. The minimum atomic E-state index is -1.13. The van der Waals surface area contributed by atoms with E-state index >= 15 is 0 Å². The predicted molar refractivity (Wildman–Crippen MR) is 181 cm³/mol. The molecule has 3 rings (SSSR count). The van der Waals surface area contributed by atoms with Crippen molar-refractivity contribution in [2.24, 2.45) is 5.92 Å². The minimum Gasteiger partial charge on any atom is -0.497 e. The fourth-order valence-electron chi connectivity index (χ4n) is 4.51. The van der Waals surface area contributed by atoms with Crippen molar-refractivity contribution >= 4 is 58.4 Å². The third-order valence-electron chi connectivity index (χ3n) is 7.15. The lowest BCUT2D eigenvalue weighted by Crippen LogP contribution is -2.46. The summed E-state index contributed by atoms with van der Waals surface area (Å²) in [4.78, 5) is 78.7. The van der Waals surface area contributed by atoms with E-state index in [2.05, 4.69) is 10.6 Å². The van der Waals surface area contributed by atoms with E-state index in [1.807, 2.05) is 13.8 Å². The Labute approximate surface area is 284 Å². The molecule has 0 aliphatic carbocycles. The Kier molecular flexibility index (Phi) is 14.1. The van der Waals surface area contributed by atoms with Crippen LogP contribution in [0, 0.1) is 5.92 Å². The highest BCUT2D eigenvalue weighted by atomic mass is 35.5. The number of hydrogen-bond donors (Lipinski definition) is 3. The van der Waals surface area contributed by atoms with Crippen LogP contribution in [0.1, 0.15) is 53.8 Å². The number of methoxy groups -OCH3 is 1. The van der Waals surface area contributed by atoms with Crippen molar-refractivity contribution in [3.05, 3.63) is 88.9 Å². The largest absolute Gasteiger partial charge is 0.497 e. The number of nitrogens with zero attached hydrogens (tertiary/aromatic N) is 2. The molecule has 48 heavy (non-hydrogen) atoms. The van der Waals surface area contributed by atoms with Gasteiger partial charge in [-0.3, -0.25) is 28.8 Å². The minimum absolute atomic E-state index is 0.210. The first kappa shape index (κ1) is 37.2. The van der Waals surface area contributed by atoms with Crippen molar-refractivity contribution < 1.29 is 38.6 Å². The lowest BCUT2D eigenvalue weighted by Gasteiger charge is -2.28. The van der Waals surface area contributed by atoms with E-state index in [0.29, 0.717) is 28.6 Å². The van der Waals surface area contributed by atoms with Crippen molar-refractivity contribution in [2.45, 2.75) is 33.1 Å². The smallest absolute Gasteiger partial charge is 0.305 e. The number of aliphatic carboxylic acids is 1. The van der Waals surface area contributed by atoms with Gasteiger partial charge in [0.15, 0.2) is 5.78 Å². The first-order chi connectivity index (χ1) is 22.9. The summed E-state index contributed by atoms with van der Waals surface area (Å²) < 4.78 is 5.18. The average molecular weight is 679 g/mol. The molecule has 12 nitrogen and oxygen atoms in total. The van der Waals surface area contributed by atoms with Crippen molar-refractivity contribution in [1.29, 1.82) is 0 Å². The van der Waals surface area contributed by atoms with Gasteiger partial charge in [0.05, 0.1) is 37.2 Å². The molecule has 3 aromatic carbocycles. The standard InChI is InChI=1S/C35H39ClN4O8/c1-23(2)15-17-39(33(44)22-40(18-16-34(45)46)35(47)25-7-6-8-27(19-25)48-3)21-32(43)37-26-13-11-24(12-14-26)30(41)20-31(42)38-29-10-5-4-9-28(29)36/h4-14,19,23H,15-18,20-22H2,1-3H3,(H,37,43)(H,38,42)(H,45,46). The lowest BCUT2D eigenvalue weighted by molar-refractivity contribution is -0.138. The number of carbonyl (C=O) groups excluding carboxylic acids is 5. The second-order valence-corrected chi connectivity index (χ2v) is 11.8. The SMILES string of the molecule is COc1cccc(C(=O)N(CCC(=O)O)CC(=O)N(CCC(C)C)CC(=O)Nc2ccc(C(=O)CC(=O)Nc3ccccc3Cl)cc2)c1. The number of ether oxygens (including phenoxy) is 1. The Hall–Kier alpha value is -5.23. The number of benzene rings is 3. The Bertz CT molecular complexity index is 1630. The topological polar surface area (TPSA) is 162 Å². The second kappa shape index (κ2) is 18.2. The number of carbonyl (C=O) groups is 6. The fraction of sp³-hybridized carbons (Fsp3) is 0.314. The van der Waals surface area contributed by atoms with Gasteiger partial charge in [-0.1, -0.05) is 43.6 Å². The normalized spacial score (nSPS) is 10.6. The van der Waals surface area contributed by atoms with Crippen molar-refractivity contribution in [3.8, 4) is 5.75 Å². The molecule has 0 aromatic heterocycles. The molecular formula is C35H39ClN4O8. The zero-order valence-corrected chi connectivity index (χ0v) is 27.8. The summed E-state index contributed by atoms with van der Waals surface area (Å²) in [6, 6.07) is 19.0. The molecule has 0 heterocycles. The molecule has 0 fully saturated rings. The summed E-state index contributed by atoms with van der Waals surface area (Å²) in [6.07, 6.45) is -0.202. The molecule has 0 bridgehead atoms. The van der Waals surface area contributed by atoms with E-state index in [1.165, 1.54) is 42.3 Å². The molecule has 3 N–H and O–H groups in total. The monoisotopic (exact) mass is 678 g/mol. The molecule has 0 atom stereocenters. The molecular weight excluding hydrogens is 640 g/mol. The molecule has 0 aliphatic rings. The maximum atomic E-state index is 13.5. The quantitative estimate of drug-likeness (QED) is 0.133. The molecule has 0 unspecified atom stereocenters. The second-order valence-electron chi connectivity index (χ2n) is 11.4. The van der Waals surface area contributed by atoms with E-state index in [9.17, 15) is 33.9 Å². The fourth-order valence-corrected chi connectivity index (χ4v) is 4.69. The maximum absolute atomic E-state index is 13.5. The zero-order chi connectivity index (χ0) is 35.2. The highest BCUT2D eigenvalue weighted by Crippen LogP contribution is 2.21. The Morgan fingerprint density at radius 2 is 1.52 bits per heavy atom. The summed E-state index contributed by atoms with van der Waals surface area (Å²) in [6.45, 7) is 3.20. The van der Waals surface area contributed by atoms with Crippen LogP contribution in [-0.2, 0) is 19.2 Å². The van der Waals surface area contributed by atoms with Crippen LogP contribution in [0.15, 0.2) is 72.8 Å². The summed E-state index contributed by atoms with van der Waals surface area (Å²) in [7, 11) is 1.45. The average Bonchev–Trinajstić information content (AvgIpc) is 3.05. The highest BCUT2D eigenvalue weighted by Gasteiger charge is 2.25. The Morgan fingerprint density at radius 1 is 0.812 bits per heavy atom. The number of rotatable bonds is 17. The number of amides is 4. The van der Waals surface area contributed by atoms with Crippen LogP contribution < -0.4 is 15.4 Å². The number of halogens is 1. The van der Waals surface area contributed by atoms with Crippen LogP contribution >= 0.6 is 11.6 Å². The van der Waals surface area contributed by atoms with Gasteiger partial charge in [0, 0.05) is 29.9 Å². The molecule has 0 aliphatic heterocycles. The van der Waals surface area contributed by atoms with Crippen molar-refractivity contribution in [1.82, 2.24) is 9.80 Å². The summed E-state index contributed by atoms with van der Waals surface area (Å²) in [5.41, 5.74) is 1.25. The molecule has 4 amide bonds. The third kappa shape index (κ3) is 11.8. The first-order valence-corrected chi connectivity index (χ1v) is 15.6. The number of para-hydroxylation sites is 1. The van der Waals surface area contributed by atoms with Crippen molar-refractivity contribution in [3.63, 3.8) is 0 Å². The Balaban J connectivity index is 1.65. The molecule has 0 saturated carbocycles. The number of carboxylic acid groups (broad SMARTS) is 1. The van der Waals surface area contributed by atoms with E-state index in [-0.39, 0.29) is 43.1 Å². The molecule has 13 heteroatoms. The Morgan fingerprint density at radius 3 is 2.17 bits per heavy atom. The van der Waals surface area contributed by atoms with Gasteiger partial charge in [-0.05, 0) is 66.9 Å². The first-order valence-electron chi connectivity index (χ1n) is 15.3. The van der Waals surface area contributed by atoms with E-state index < -0.39 is 48.3 Å². The van der Waals surface area contributed by atoms with Crippen LogP contribution in [0.25, 0.3) is 0 Å². The highest BCUT2D eigenvalue weighted by molar-refractivity contribution is 6.33. The number of hydrogen-bond acceptors (Lipinski definition) is 7. The van der Waals surface area contributed by atoms with Crippen molar-refractivity contribution in [2.75, 3.05) is 43.9 Å². The lowest BCUT2D eigenvalue weighted by atomic mass is 10.1. The van der Waals surface area contributed by atoms with Gasteiger partial charge in [0.2, 0.25) is 17.7 Å². The van der Waals surface area contributed by atoms with Crippen LogP contribution in [0.2, 0.25) is 5.02 Å². The number of carboxylic acids is 1. The summed E-state index contributed by atoms with van der Waals surface area (Å²) >= 11 is 6.06. The third-order valence-corrected chi connectivity index (χ3v) is 7.48. The van der Waals surface area contributed by atoms with Crippen LogP contribution in [0.5, 0.6) is 5.75 Å². The van der Waals surface area contributed by atoms with Crippen LogP contribution in [-0.4, -0.2) is 83.6 Å². The van der Waals surface area contributed by atoms with Gasteiger partial charge in [-0.25, -0.2) is 0 Å². The maximum Gasteiger partial charge on any atom is 0.305 e. The number of Topliss-reactive ketones (excluding diaryl/α,β-unsaturated/α-hetero) is 1. The summed E-state index contributed by atoms with van der Waals surface area (Å²) in [5.74, 6) is -3.03. The van der Waals surface area contributed by atoms with E-state index in [1.54, 1.807) is 42.5 Å². The van der Waals surface area contributed by atoms with Gasteiger partial charge in [0.1, 0.15) is 12.3 Å². The zero-order valence-electron chi connectivity index (χ0n) is 27.0. The number of ketones is 1. The van der Waals surface area contributed by atoms with Gasteiger partial charge in [-0.2, -0.15) is 0 Å². The van der Waals surface area contributed by atoms with Crippen LogP contribution in [0.4, 0.5) is 11.4 Å². The molecule has 254 valence electrons. The summed E-state index contributed by atoms with van der Waals surface area (Å²) in [5, 5.41) is 14.9. The van der Waals surface area contributed by atoms with Gasteiger partial charge in [-0.15, -0.1) is 0 Å². The van der Waals surface area contributed by atoms with Gasteiger partial charge < -0.3 is 30.3 Å². The van der Waals surface area contributed by atoms with E-state index in [4.69, 9.17) is 16.3 Å². The van der Waals surface area contributed by atoms with Gasteiger partial charge in [0.25, 0.3) is 5.91 Å². The number of nitrogens with one attached hydrogen (secondary N) is 2. The predicted octanol–water partition coefficient (Wildman–Crippen LogP) is 4.99. The van der Waals surface area contributed by atoms with E-state index in [0.717, 1.165) is 4.90 Å². The molecule has 0 spiro atoms. The van der Waals surface area contributed by atoms with Gasteiger partial charge >= 0.3 is 5.97 Å². The molecule has 0 radical (unpaired) electrons. The van der Waals surface area contributed by atoms with Crippen LogP contribution in [0.3, 0.4) is 0 Å². The molecule has 3 aromatic rings.